The van der Waals surface area contributed by atoms with Crippen molar-refractivity contribution in [2.24, 2.45) is 5.92 Å². The molecule has 0 atom stereocenters. The Bertz CT molecular complexity index is 494. The first-order chi connectivity index (χ1) is 7.21. The Kier molecular flexibility index (Phi) is 6.87. The molecule has 0 saturated heterocycles. The van der Waals surface area contributed by atoms with E-state index in [0.717, 1.165) is 0 Å². The molecular weight excluding hydrogens is 267 g/mol. The fraction of sp³-hybridized carbons (Fsp3) is 0.455. The van der Waals surface area contributed by atoms with Crippen molar-refractivity contribution in [2.45, 2.75) is 32.1 Å². The summed E-state index contributed by atoms with van der Waals surface area (Å²) >= 11 is 0. The van der Waals surface area contributed by atoms with Crippen LogP contribution in [-0.2, 0) is 16.5 Å². The minimum absolute atomic E-state index is 0. The molecule has 0 aliphatic rings. The van der Waals surface area contributed by atoms with E-state index < -0.39 is 10.1 Å². The molecule has 0 heterocycles. The van der Waals surface area contributed by atoms with E-state index in [1.807, 2.05) is 13.8 Å². The predicted octanol–water partition coefficient (Wildman–Crippen LogP) is 1.50. The van der Waals surface area contributed by atoms with E-state index in [9.17, 15) is 13.5 Å². The van der Waals surface area contributed by atoms with Crippen molar-refractivity contribution in [3.8, 4) is 5.75 Å². The van der Waals surface area contributed by atoms with Crippen LogP contribution in [0.5, 0.6) is 5.75 Å². The summed E-state index contributed by atoms with van der Waals surface area (Å²) in [6.45, 7) is 5.46. The monoisotopic (exact) mass is 284 g/mol. The average molecular weight is 284 g/mol. The van der Waals surface area contributed by atoms with Crippen LogP contribution in [-0.4, -0.2) is 69.5 Å². The second-order valence-electron chi connectivity index (χ2n) is 4.32. The Morgan fingerprint density at radius 2 is 1.82 bits per heavy atom. The first kappa shape index (κ1) is 17.6. The first-order valence-electron chi connectivity index (χ1n) is 5.01. The molecule has 1 aromatic rings. The van der Waals surface area contributed by atoms with Gasteiger partial charge in [-0.05, 0) is 42.5 Å². The molecule has 0 spiro atoms. The second kappa shape index (κ2) is 6.65. The van der Waals surface area contributed by atoms with Gasteiger partial charge in [-0.1, -0.05) is 13.8 Å². The van der Waals surface area contributed by atoms with Crippen LogP contribution in [0.15, 0.2) is 17.0 Å². The number of aromatic hydroxyl groups is 1. The SMILES string of the molecule is Cc1cc(O)c(CC(C)C)cc1S(=O)(=O)O.[KH]. The molecule has 0 aliphatic carbocycles. The molecule has 1 rings (SSSR count). The first-order valence-corrected chi connectivity index (χ1v) is 6.45. The van der Waals surface area contributed by atoms with Crippen molar-refractivity contribution in [3.63, 3.8) is 0 Å². The summed E-state index contributed by atoms with van der Waals surface area (Å²) in [5, 5.41) is 9.65. The fourth-order valence-electron chi connectivity index (χ4n) is 1.60. The molecule has 6 heteroatoms. The van der Waals surface area contributed by atoms with Gasteiger partial charge in [0.2, 0.25) is 0 Å². The second-order valence-corrected chi connectivity index (χ2v) is 5.71. The number of benzene rings is 1. The summed E-state index contributed by atoms with van der Waals surface area (Å²) in [4.78, 5) is -0.138. The van der Waals surface area contributed by atoms with Crippen LogP contribution >= 0.6 is 0 Å². The summed E-state index contributed by atoms with van der Waals surface area (Å²) in [6, 6.07) is 2.70. The molecule has 17 heavy (non-hydrogen) atoms. The molecule has 2 N–H and O–H groups in total. The van der Waals surface area contributed by atoms with Crippen molar-refractivity contribution < 1.29 is 18.1 Å². The van der Waals surface area contributed by atoms with Crippen LogP contribution in [0.3, 0.4) is 0 Å². The third-order valence-electron chi connectivity index (χ3n) is 2.28. The standard InChI is InChI=1S/C11H16O4S.K.H/c1-7(2)4-9-6-11(16(13,14)15)8(3)5-10(9)12;;/h5-7,12H,4H2,1-3H3,(H,13,14,15);;. The van der Waals surface area contributed by atoms with Gasteiger partial charge in [-0.15, -0.1) is 0 Å². The van der Waals surface area contributed by atoms with E-state index in [1.165, 1.54) is 19.1 Å². The molecule has 92 valence electrons. The average Bonchev–Trinajstić information content (AvgIpc) is 2.06. The Hall–Kier alpha value is 0.566. The van der Waals surface area contributed by atoms with Crippen LogP contribution in [0.25, 0.3) is 0 Å². The van der Waals surface area contributed by atoms with E-state index in [-0.39, 0.29) is 62.0 Å². The van der Waals surface area contributed by atoms with Crippen LogP contribution < -0.4 is 0 Å². The Morgan fingerprint density at radius 3 is 2.24 bits per heavy atom. The van der Waals surface area contributed by atoms with E-state index >= 15 is 0 Å². The molecule has 0 aromatic heterocycles. The Balaban J connectivity index is 0.00000256. The fourth-order valence-corrected chi connectivity index (χ4v) is 2.35. The van der Waals surface area contributed by atoms with Gasteiger partial charge >= 0.3 is 51.4 Å². The van der Waals surface area contributed by atoms with E-state index in [4.69, 9.17) is 4.55 Å². The van der Waals surface area contributed by atoms with Crippen molar-refractivity contribution in [1.29, 1.82) is 0 Å². The quantitative estimate of drug-likeness (QED) is 0.651. The molecule has 0 aliphatic heterocycles. The molecule has 0 unspecified atom stereocenters. The summed E-state index contributed by atoms with van der Waals surface area (Å²) in [5.41, 5.74) is 0.876. The zero-order valence-corrected chi connectivity index (χ0v) is 10.4. The van der Waals surface area contributed by atoms with E-state index in [0.29, 0.717) is 23.5 Å². The van der Waals surface area contributed by atoms with Gasteiger partial charge in [0.1, 0.15) is 5.75 Å². The van der Waals surface area contributed by atoms with Crippen LogP contribution in [0.4, 0.5) is 0 Å². The van der Waals surface area contributed by atoms with Gasteiger partial charge in [-0.25, -0.2) is 0 Å². The van der Waals surface area contributed by atoms with Gasteiger partial charge in [0.05, 0.1) is 4.90 Å². The van der Waals surface area contributed by atoms with Gasteiger partial charge in [0.15, 0.2) is 0 Å². The summed E-state index contributed by atoms with van der Waals surface area (Å²) in [7, 11) is -4.22. The zero-order valence-electron chi connectivity index (χ0n) is 9.56. The van der Waals surface area contributed by atoms with E-state index in [2.05, 4.69) is 0 Å². The van der Waals surface area contributed by atoms with Crippen molar-refractivity contribution in [1.82, 2.24) is 0 Å². The van der Waals surface area contributed by atoms with E-state index in [1.54, 1.807) is 0 Å². The molecule has 4 nitrogen and oxygen atoms in total. The van der Waals surface area contributed by atoms with Gasteiger partial charge in [-0.2, -0.15) is 8.42 Å². The molecule has 0 amide bonds. The number of hydrogen-bond donors (Lipinski definition) is 2. The van der Waals surface area contributed by atoms with Crippen LogP contribution in [0, 0.1) is 12.8 Å². The van der Waals surface area contributed by atoms with Crippen molar-refractivity contribution >= 4 is 61.5 Å². The maximum atomic E-state index is 11.1. The third kappa shape index (κ3) is 4.98. The Morgan fingerprint density at radius 1 is 1.29 bits per heavy atom. The number of hydrogen-bond acceptors (Lipinski definition) is 3. The number of rotatable bonds is 3. The van der Waals surface area contributed by atoms with Gasteiger partial charge in [0.25, 0.3) is 10.1 Å². The minimum atomic E-state index is -4.22. The molecular formula is C11H17KO4S. The third-order valence-corrected chi connectivity index (χ3v) is 3.28. The molecule has 0 fully saturated rings. The number of phenols is 1. The normalized spacial score (nSPS) is 11.4. The number of phenolic OH excluding ortho intramolecular Hbond substituents is 1. The molecule has 1 aromatic carbocycles. The molecule has 0 radical (unpaired) electrons. The maximum absolute atomic E-state index is 11.1. The van der Waals surface area contributed by atoms with Gasteiger partial charge in [-0.3, -0.25) is 4.55 Å². The molecule has 0 saturated carbocycles. The topological polar surface area (TPSA) is 74.6 Å². The van der Waals surface area contributed by atoms with Crippen LogP contribution in [0.1, 0.15) is 25.0 Å². The zero-order chi connectivity index (χ0) is 12.5. The van der Waals surface area contributed by atoms with Gasteiger partial charge < -0.3 is 5.11 Å². The predicted molar refractivity (Wildman–Crippen MR) is 68.3 cm³/mol. The van der Waals surface area contributed by atoms with Crippen molar-refractivity contribution in [3.05, 3.63) is 23.3 Å². The van der Waals surface area contributed by atoms with Gasteiger partial charge in [0, 0.05) is 0 Å². The summed E-state index contributed by atoms with van der Waals surface area (Å²) in [6.07, 6.45) is 0.564. The summed E-state index contributed by atoms with van der Waals surface area (Å²) < 4.78 is 31.2. The Labute approximate surface area is 145 Å². The molecule has 0 bridgehead atoms. The number of aryl methyl sites for hydroxylation is 1. The summed E-state index contributed by atoms with van der Waals surface area (Å²) in [5.74, 6) is 0.362. The van der Waals surface area contributed by atoms with Crippen LogP contribution in [0.2, 0.25) is 0 Å². The van der Waals surface area contributed by atoms with Crippen molar-refractivity contribution in [2.75, 3.05) is 0 Å².